The summed E-state index contributed by atoms with van der Waals surface area (Å²) in [5.41, 5.74) is 0. The summed E-state index contributed by atoms with van der Waals surface area (Å²) >= 11 is -9.00. The van der Waals surface area contributed by atoms with E-state index < -0.39 is 92.9 Å². The van der Waals surface area contributed by atoms with Gasteiger partial charge >= 0.3 is 190 Å². The van der Waals surface area contributed by atoms with E-state index in [1.807, 2.05) is 0 Å². The minimum absolute atomic E-state index is 0. The Morgan fingerprint density at radius 1 is 0.400 bits per heavy atom. The summed E-state index contributed by atoms with van der Waals surface area (Å²) in [6.07, 6.45) is 0. The van der Waals surface area contributed by atoms with E-state index in [9.17, 15) is 0 Å². The number of hydrogen-bond donors (Lipinski definition) is 6. The molecular formula is H8Al6BaLaO12. The molecule has 20 heteroatoms. The van der Waals surface area contributed by atoms with E-state index in [1.165, 1.54) is 0 Å². The van der Waals surface area contributed by atoms with Crippen LogP contribution in [0.25, 0.3) is 0 Å². The molecule has 0 aliphatic heterocycles. The van der Waals surface area contributed by atoms with Crippen LogP contribution >= 0.6 is 0 Å². The first-order chi connectivity index (χ1) is 8.49. The first kappa shape index (κ1) is 49.5. The first-order valence-corrected chi connectivity index (χ1v) is 8.89. The molecule has 20 heavy (non-hydrogen) atoms. The fourth-order valence-corrected chi connectivity index (χ4v) is 0. The third-order valence-electron chi connectivity index (χ3n) is 0. The van der Waals surface area contributed by atoms with Crippen LogP contribution in [0.5, 0.6) is 0 Å². The maximum absolute atomic E-state index is 8.57. The van der Waals surface area contributed by atoms with Gasteiger partial charge in [-0.05, 0) is 0 Å². The van der Waals surface area contributed by atoms with E-state index in [2.05, 4.69) is 0 Å². The zero-order chi connectivity index (χ0) is 16.2. The molecule has 12 nitrogen and oxygen atoms in total. The molecule has 0 bridgehead atoms. The molecule has 103 valence electrons. The summed E-state index contributed by atoms with van der Waals surface area (Å²) in [6.45, 7) is 0. The van der Waals surface area contributed by atoms with Gasteiger partial charge in [-0.25, -0.2) is 0 Å². The summed E-state index contributed by atoms with van der Waals surface area (Å²) in [5, 5.41) is 0. The zero-order valence-electron chi connectivity index (χ0n) is 9.17. The molecule has 0 spiro atoms. The molecule has 0 aromatic rings. The molecule has 0 unspecified atom stereocenters. The molecule has 0 aliphatic carbocycles. The summed E-state index contributed by atoms with van der Waals surface area (Å²) < 4.78 is 94.0. The molecule has 0 amide bonds. The van der Waals surface area contributed by atoms with Crippen LogP contribution in [0.4, 0.5) is 0 Å². The van der Waals surface area contributed by atoms with Gasteiger partial charge in [0, 0.05) is 35.6 Å². The van der Waals surface area contributed by atoms with E-state index in [0.29, 0.717) is 0 Å². The van der Waals surface area contributed by atoms with Crippen LogP contribution in [0.3, 0.4) is 0 Å². The molecule has 0 rings (SSSR count). The van der Waals surface area contributed by atoms with Gasteiger partial charge in [0.2, 0.25) is 0 Å². The van der Waals surface area contributed by atoms with Crippen molar-refractivity contribution in [1.29, 1.82) is 0 Å². The second-order valence-electron chi connectivity index (χ2n) is 0.632. The van der Waals surface area contributed by atoms with Crippen LogP contribution < -0.4 is 0 Å². The average molecular weight is 638 g/mol. The molecule has 0 aromatic heterocycles. The van der Waals surface area contributed by atoms with E-state index in [-0.39, 0.29) is 84.5 Å². The van der Waals surface area contributed by atoms with Crippen molar-refractivity contribution in [3.63, 3.8) is 0 Å². The fourth-order valence-electron chi connectivity index (χ4n) is 0. The molecule has 0 aliphatic rings. The first-order valence-electron chi connectivity index (χ1n) is 2.96. The molecule has 0 fully saturated rings. The van der Waals surface area contributed by atoms with Gasteiger partial charge in [-0.2, -0.15) is 0 Å². The minimum atomic E-state index is -1.50. The van der Waals surface area contributed by atoms with Crippen molar-refractivity contribution in [1.82, 2.24) is 0 Å². The Morgan fingerprint density at radius 2 is 0.400 bits per heavy atom. The monoisotopic (exact) mass is 639 g/mol. The molecule has 1 radical (unpaired) electrons. The van der Waals surface area contributed by atoms with Crippen molar-refractivity contribution in [2.24, 2.45) is 0 Å². The van der Waals surface area contributed by atoms with Crippen molar-refractivity contribution >= 4 is 142 Å². The predicted octanol–water partition coefficient (Wildman–Crippen LogP) is -7.26. The maximum atomic E-state index is 8.57. The van der Waals surface area contributed by atoms with Crippen molar-refractivity contribution in [3.8, 4) is 0 Å². The van der Waals surface area contributed by atoms with Crippen LogP contribution in [-0.2, 0) is 22.8 Å². The van der Waals surface area contributed by atoms with Crippen molar-refractivity contribution in [2.75, 3.05) is 0 Å². The Morgan fingerprint density at radius 3 is 0.400 bits per heavy atom. The quantitative estimate of drug-likeness (QED) is 0.136. The molecule has 0 saturated heterocycles. The van der Waals surface area contributed by atoms with Gasteiger partial charge in [-0.3, -0.25) is 0 Å². The summed E-state index contributed by atoms with van der Waals surface area (Å²) in [6, 6.07) is 0. The van der Waals surface area contributed by atoms with Crippen molar-refractivity contribution in [2.45, 2.75) is 0 Å². The molecule has 0 saturated carbocycles. The summed E-state index contributed by atoms with van der Waals surface area (Å²) in [4.78, 5) is 0. The van der Waals surface area contributed by atoms with Crippen LogP contribution in [0.1, 0.15) is 0 Å². The second-order valence-corrected chi connectivity index (χ2v) is 1.90. The van der Waals surface area contributed by atoms with Crippen molar-refractivity contribution < 1.29 is 83.4 Å². The fraction of sp³-hybridized carbons (Fsp3) is 0. The average Bonchev–Trinajstić information content (AvgIpc) is 2.23. The second kappa shape index (κ2) is 115. The van der Waals surface area contributed by atoms with Gasteiger partial charge in [0.25, 0.3) is 0 Å². The van der Waals surface area contributed by atoms with Crippen molar-refractivity contribution in [3.05, 3.63) is 0 Å². The summed E-state index contributed by atoms with van der Waals surface area (Å²) in [5.74, 6) is 0. The Kier molecular flexibility index (Phi) is 284. The van der Waals surface area contributed by atoms with Gasteiger partial charge in [0.15, 0.2) is 0 Å². The zero-order valence-corrected chi connectivity index (χ0v) is 19.7. The summed E-state index contributed by atoms with van der Waals surface area (Å²) in [7, 11) is 0. The SMILES string of the molecule is [BaH2].[La].[O]=[Al][OH].[O]=[Al][OH].[O]=[Al][OH].[O]=[Al][OH].[O]=[Al][OH].[O]=[Al][OH]. The molecular weight excluding hydrogens is 630 g/mol. The van der Waals surface area contributed by atoms with Gasteiger partial charge in [0.1, 0.15) is 0 Å². The van der Waals surface area contributed by atoms with E-state index in [1.54, 1.807) is 0 Å². The normalized spacial score (nSPS) is 2.40. The van der Waals surface area contributed by atoms with E-state index in [0.717, 1.165) is 0 Å². The Balaban J connectivity index is -0.0000000141. The van der Waals surface area contributed by atoms with Crippen LogP contribution in [0.15, 0.2) is 0 Å². The van der Waals surface area contributed by atoms with Gasteiger partial charge in [-0.1, -0.05) is 0 Å². The number of hydrogen-bond acceptors (Lipinski definition) is 6. The predicted molar refractivity (Wildman–Crippen MR) is 60.5 cm³/mol. The van der Waals surface area contributed by atoms with Gasteiger partial charge < -0.3 is 0 Å². The Bertz CT molecular complexity index is 119. The third kappa shape index (κ3) is 719. The van der Waals surface area contributed by atoms with E-state index in [4.69, 9.17) is 47.8 Å². The topological polar surface area (TPSA) is 224 Å². The Hall–Kier alpha value is 3.56. The van der Waals surface area contributed by atoms with Crippen LogP contribution in [0.2, 0.25) is 0 Å². The Labute approximate surface area is 220 Å². The van der Waals surface area contributed by atoms with Crippen LogP contribution in [-0.4, -0.2) is 167 Å². The molecule has 0 atom stereocenters. The molecule has 0 aromatic carbocycles. The van der Waals surface area contributed by atoms with E-state index >= 15 is 0 Å². The van der Waals surface area contributed by atoms with Gasteiger partial charge in [-0.15, -0.1) is 0 Å². The third-order valence-corrected chi connectivity index (χ3v) is 0. The van der Waals surface area contributed by atoms with Crippen LogP contribution in [0, 0.1) is 35.6 Å². The van der Waals surface area contributed by atoms with Gasteiger partial charge in [0.05, 0.1) is 0 Å². The standard InChI is InChI=1S/6Al.Ba.La.6H2O.6O.2H/h;;;;;;;;6*1H2;;;;;;;;/q6*+1;;;;;;;;;;;;;;;;/p-6. The number of rotatable bonds is 0. The molecule has 0 heterocycles. The molecule has 6 N–H and O–H groups in total.